The van der Waals surface area contributed by atoms with Gasteiger partial charge in [-0.2, -0.15) is 5.10 Å². The van der Waals surface area contributed by atoms with Crippen LogP contribution in [0, 0.1) is 5.41 Å². The minimum Gasteiger partial charge on any atom is -0.461 e. The third-order valence-corrected chi connectivity index (χ3v) is 6.04. The lowest BCUT2D eigenvalue weighted by atomic mass is 9.65. The second kappa shape index (κ2) is 7.29. The molecule has 1 aliphatic carbocycles. The van der Waals surface area contributed by atoms with Crippen LogP contribution in [-0.2, 0) is 24.5 Å². The summed E-state index contributed by atoms with van der Waals surface area (Å²) in [4.78, 5) is 11.9. The van der Waals surface area contributed by atoms with Gasteiger partial charge in [0, 0.05) is 12.0 Å². The Morgan fingerprint density at radius 1 is 1.35 bits per heavy atom. The number of aromatic amines is 1. The zero-order valence-electron chi connectivity index (χ0n) is 15.4. The summed E-state index contributed by atoms with van der Waals surface area (Å²) in [5.74, 6) is -0.395. The summed E-state index contributed by atoms with van der Waals surface area (Å²) in [6.45, 7) is 4.31. The van der Waals surface area contributed by atoms with E-state index in [4.69, 9.17) is 18.9 Å². The van der Waals surface area contributed by atoms with Crippen LogP contribution in [-0.4, -0.2) is 48.9 Å². The fourth-order valence-electron chi connectivity index (χ4n) is 4.27. The zero-order chi connectivity index (χ0) is 18.0. The van der Waals surface area contributed by atoms with Crippen LogP contribution in [0.4, 0.5) is 0 Å². The highest BCUT2D eigenvalue weighted by Gasteiger charge is 2.52. The van der Waals surface area contributed by atoms with Gasteiger partial charge in [-0.05, 0) is 57.9 Å². The highest BCUT2D eigenvalue weighted by atomic mass is 16.7. The number of aromatic nitrogens is 2. The molecule has 0 spiro atoms. The van der Waals surface area contributed by atoms with E-state index in [-0.39, 0.29) is 17.3 Å². The molecular weight excluding hydrogens is 336 g/mol. The molecule has 1 N–H and O–H groups in total. The van der Waals surface area contributed by atoms with E-state index in [0.29, 0.717) is 25.5 Å². The van der Waals surface area contributed by atoms with E-state index in [9.17, 15) is 4.79 Å². The van der Waals surface area contributed by atoms with Gasteiger partial charge in [0.2, 0.25) is 0 Å². The standard InChI is InChI=1S/C19H28N2O5/c1-2-23-17(22)14-11-15(21-20-14)19-8-6-18(7-9-19,13-26-19)12-25-16-5-3-4-10-24-16/h11,16H,2-10,12-13H2,1H3,(H,20,21). The predicted octanol–water partition coefficient (Wildman–Crippen LogP) is 2.92. The van der Waals surface area contributed by atoms with Crippen LogP contribution in [0.3, 0.4) is 0 Å². The molecule has 0 aromatic carbocycles. The Bertz CT molecular complexity index is 613. The minimum absolute atomic E-state index is 0.0496. The van der Waals surface area contributed by atoms with Crippen molar-refractivity contribution in [3.05, 3.63) is 17.5 Å². The van der Waals surface area contributed by atoms with Gasteiger partial charge in [-0.15, -0.1) is 0 Å². The van der Waals surface area contributed by atoms with Crippen LogP contribution in [0.5, 0.6) is 0 Å². The lowest BCUT2D eigenvalue weighted by Crippen LogP contribution is -2.51. The SMILES string of the molecule is CCOC(=O)c1cc(C23CCC(COC4CCCCO4)(CC2)CO3)[nH]n1. The molecule has 0 radical (unpaired) electrons. The van der Waals surface area contributed by atoms with Crippen molar-refractivity contribution < 1.29 is 23.7 Å². The van der Waals surface area contributed by atoms with Crippen molar-refractivity contribution >= 4 is 5.97 Å². The number of hydrogen-bond acceptors (Lipinski definition) is 6. The first kappa shape index (κ1) is 17.9. The Kier molecular flexibility index (Phi) is 5.03. The number of carbonyl (C=O) groups excluding carboxylic acids is 1. The van der Waals surface area contributed by atoms with Crippen molar-refractivity contribution in [2.45, 2.75) is 63.8 Å². The smallest absolute Gasteiger partial charge is 0.358 e. The summed E-state index contributed by atoms with van der Waals surface area (Å²) in [5, 5.41) is 7.11. The third-order valence-electron chi connectivity index (χ3n) is 6.04. The molecular formula is C19H28N2O5. The molecule has 1 saturated carbocycles. The van der Waals surface area contributed by atoms with Gasteiger partial charge in [-0.3, -0.25) is 5.10 Å². The van der Waals surface area contributed by atoms with Crippen molar-refractivity contribution in [1.82, 2.24) is 10.2 Å². The molecule has 144 valence electrons. The number of esters is 1. The number of nitrogens with zero attached hydrogens (tertiary/aromatic N) is 1. The quantitative estimate of drug-likeness (QED) is 0.782. The molecule has 1 aromatic rings. The van der Waals surface area contributed by atoms with Crippen molar-refractivity contribution in [3.63, 3.8) is 0 Å². The van der Waals surface area contributed by atoms with Gasteiger partial charge in [0.25, 0.3) is 0 Å². The largest absolute Gasteiger partial charge is 0.461 e. The third kappa shape index (κ3) is 3.40. The van der Waals surface area contributed by atoms with Gasteiger partial charge in [0.05, 0.1) is 25.5 Å². The number of hydrogen-bond donors (Lipinski definition) is 1. The van der Waals surface area contributed by atoms with E-state index in [1.54, 1.807) is 13.0 Å². The summed E-state index contributed by atoms with van der Waals surface area (Å²) in [6.07, 6.45) is 7.17. The van der Waals surface area contributed by atoms with Gasteiger partial charge in [-0.25, -0.2) is 4.79 Å². The second-order valence-electron chi connectivity index (χ2n) is 7.78. The molecule has 7 nitrogen and oxygen atoms in total. The molecule has 3 saturated heterocycles. The van der Waals surface area contributed by atoms with Gasteiger partial charge in [-0.1, -0.05) is 0 Å². The van der Waals surface area contributed by atoms with Crippen LogP contribution < -0.4 is 0 Å². The van der Waals surface area contributed by atoms with E-state index in [0.717, 1.165) is 50.8 Å². The predicted molar refractivity (Wildman–Crippen MR) is 92.6 cm³/mol. The summed E-state index contributed by atoms with van der Waals surface area (Å²) < 4.78 is 23.1. The van der Waals surface area contributed by atoms with Crippen LogP contribution in [0.15, 0.2) is 6.07 Å². The zero-order valence-corrected chi connectivity index (χ0v) is 15.4. The fraction of sp³-hybridized carbons (Fsp3) is 0.789. The molecule has 4 heterocycles. The van der Waals surface area contributed by atoms with E-state index < -0.39 is 5.97 Å². The van der Waals surface area contributed by atoms with Crippen molar-refractivity contribution in [1.29, 1.82) is 0 Å². The molecule has 26 heavy (non-hydrogen) atoms. The number of H-pyrrole nitrogens is 1. The molecule has 4 fully saturated rings. The summed E-state index contributed by atoms with van der Waals surface area (Å²) in [5.41, 5.74) is 0.929. The molecule has 1 unspecified atom stereocenters. The van der Waals surface area contributed by atoms with Gasteiger partial charge in [0.15, 0.2) is 12.0 Å². The van der Waals surface area contributed by atoms with Crippen LogP contribution >= 0.6 is 0 Å². The van der Waals surface area contributed by atoms with Gasteiger partial charge >= 0.3 is 5.97 Å². The van der Waals surface area contributed by atoms with Crippen molar-refractivity contribution in [3.8, 4) is 0 Å². The lowest BCUT2D eigenvalue weighted by molar-refractivity contribution is -0.236. The molecule has 5 rings (SSSR count). The first-order valence-corrected chi connectivity index (χ1v) is 9.75. The van der Waals surface area contributed by atoms with Gasteiger partial charge in [0.1, 0.15) is 5.60 Å². The number of ether oxygens (including phenoxy) is 4. The Balaban J connectivity index is 1.37. The summed E-state index contributed by atoms with van der Waals surface area (Å²) >= 11 is 0. The second-order valence-corrected chi connectivity index (χ2v) is 7.78. The maximum atomic E-state index is 11.9. The Labute approximate surface area is 153 Å². The number of nitrogens with one attached hydrogen (secondary N) is 1. The van der Waals surface area contributed by atoms with Crippen LogP contribution in [0.25, 0.3) is 0 Å². The number of carbonyl (C=O) groups is 1. The Morgan fingerprint density at radius 3 is 2.85 bits per heavy atom. The first-order chi connectivity index (χ1) is 12.6. The van der Waals surface area contributed by atoms with E-state index >= 15 is 0 Å². The Morgan fingerprint density at radius 2 is 2.19 bits per heavy atom. The van der Waals surface area contributed by atoms with Crippen LogP contribution in [0.2, 0.25) is 0 Å². The van der Waals surface area contributed by atoms with Crippen LogP contribution in [0.1, 0.15) is 68.1 Å². The number of rotatable bonds is 6. The van der Waals surface area contributed by atoms with E-state index in [1.807, 2.05) is 0 Å². The fourth-order valence-corrected chi connectivity index (χ4v) is 4.27. The molecule has 1 atom stereocenters. The average molecular weight is 364 g/mol. The van der Waals surface area contributed by atoms with Crippen molar-refractivity contribution in [2.24, 2.45) is 5.41 Å². The van der Waals surface area contributed by atoms with Gasteiger partial charge < -0.3 is 18.9 Å². The summed E-state index contributed by atoms with van der Waals surface area (Å²) in [6, 6.07) is 1.78. The van der Waals surface area contributed by atoms with Crippen molar-refractivity contribution in [2.75, 3.05) is 26.4 Å². The normalized spacial score (nSPS) is 34.0. The molecule has 4 aliphatic rings. The van der Waals surface area contributed by atoms with E-state index in [1.165, 1.54) is 6.42 Å². The molecule has 2 bridgehead atoms. The molecule has 3 aliphatic heterocycles. The highest BCUT2D eigenvalue weighted by molar-refractivity contribution is 5.87. The first-order valence-electron chi connectivity index (χ1n) is 9.75. The Hall–Kier alpha value is -1.44. The maximum Gasteiger partial charge on any atom is 0.358 e. The number of fused-ring (bicyclic) bond motifs is 3. The molecule has 7 heteroatoms. The lowest BCUT2D eigenvalue weighted by Gasteiger charge is -2.52. The summed E-state index contributed by atoms with van der Waals surface area (Å²) in [7, 11) is 0. The topological polar surface area (TPSA) is 82.7 Å². The average Bonchev–Trinajstić information content (AvgIpc) is 3.20. The molecule has 1 aromatic heterocycles. The van der Waals surface area contributed by atoms with E-state index in [2.05, 4.69) is 10.2 Å². The highest BCUT2D eigenvalue weighted by Crippen LogP contribution is 2.53. The minimum atomic E-state index is -0.395. The molecule has 0 amide bonds. The maximum absolute atomic E-state index is 11.9. The monoisotopic (exact) mass is 364 g/mol.